The zero-order chi connectivity index (χ0) is 21.1. The standard InChI is InChI=1S/C23H22ClN5O/c1-16-21(22(24)28(2)27-16)23(30)25-14-19-6-3-4-7-20(19)18-10-8-17(9-11-18)15-29-13-5-12-26-29/h3-13H,14-15H2,1-2H3,(H,25,30). The quantitative estimate of drug-likeness (QED) is 0.508. The number of hydrogen-bond acceptors (Lipinski definition) is 3. The van der Waals surface area contributed by atoms with Crippen LogP contribution < -0.4 is 5.32 Å². The maximum atomic E-state index is 12.7. The molecular weight excluding hydrogens is 398 g/mol. The second kappa shape index (κ2) is 8.55. The first-order valence-corrected chi connectivity index (χ1v) is 10.0. The van der Waals surface area contributed by atoms with Gasteiger partial charge in [0.05, 0.1) is 17.8 Å². The Hall–Kier alpha value is -3.38. The maximum absolute atomic E-state index is 12.7. The molecule has 0 atom stereocenters. The number of amides is 1. The molecule has 1 N–H and O–H groups in total. The number of nitrogens with one attached hydrogen (secondary N) is 1. The lowest BCUT2D eigenvalue weighted by Gasteiger charge is -2.12. The third kappa shape index (κ3) is 4.14. The van der Waals surface area contributed by atoms with Gasteiger partial charge in [0.2, 0.25) is 0 Å². The van der Waals surface area contributed by atoms with E-state index < -0.39 is 0 Å². The predicted molar refractivity (Wildman–Crippen MR) is 117 cm³/mol. The molecule has 0 radical (unpaired) electrons. The van der Waals surface area contributed by atoms with Gasteiger partial charge in [-0.2, -0.15) is 10.2 Å². The first-order chi connectivity index (χ1) is 14.5. The Morgan fingerprint density at radius 2 is 1.87 bits per heavy atom. The Morgan fingerprint density at radius 1 is 1.10 bits per heavy atom. The summed E-state index contributed by atoms with van der Waals surface area (Å²) in [5.41, 5.74) is 5.41. The monoisotopic (exact) mass is 419 g/mol. The Labute approximate surface area is 180 Å². The van der Waals surface area contributed by atoms with E-state index in [4.69, 9.17) is 11.6 Å². The summed E-state index contributed by atoms with van der Waals surface area (Å²) in [6.07, 6.45) is 3.72. The Balaban J connectivity index is 1.50. The molecule has 30 heavy (non-hydrogen) atoms. The van der Waals surface area contributed by atoms with Gasteiger partial charge in [-0.3, -0.25) is 14.2 Å². The van der Waals surface area contributed by atoms with Gasteiger partial charge < -0.3 is 5.32 Å². The van der Waals surface area contributed by atoms with Gasteiger partial charge in [0, 0.05) is 26.0 Å². The van der Waals surface area contributed by atoms with Crippen molar-refractivity contribution < 1.29 is 4.79 Å². The van der Waals surface area contributed by atoms with Crippen molar-refractivity contribution in [3.8, 4) is 11.1 Å². The molecule has 0 aliphatic carbocycles. The van der Waals surface area contributed by atoms with E-state index in [1.165, 1.54) is 10.2 Å². The molecule has 7 heteroatoms. The molecule has 0 bridgehead atoms. The first-order valence-electron chi connectivity index (χ1n) is 9.65. The van der Waals surface area contributed by atoms with Crippen LogP contribution >= 0.6 is 11.6 Å². The van der Waals surface area contributed by atoms with Crippen molar-refractivity contribution in [1.29, 1.82) is 0 Å². The van der Waals surface area contributed by atoms with Gasteiger partial charge in [0.25, 0.3) is 5.91 Å². The molecule has 0 spiro atoms. The Bertz CT molecular complexity index is 1160. The Morgan fingerprint density at radius 3 is 2.53 bits per heavy atom. The molecule has 152 valence electrons. The molecule has 4 rings (SSSR count). The van der Waals surface area contributed by atoms with E-state index in [-0.39, 0.29) is 5.91 Å². The lowest BCUT2D eigenvalue weighted by atomic mass is 9.98. The predicted octanol–water partition coefficient (Wildman–Crippen LogP) is 4.22. The van der Waals surface area contributed by atoms with E-state index in [2.05, 4.69) is 45.8 Å². The summed E-state index contributed by atoms with van der Waals surface area (Å²) < 4.78 is 3.40. The molecule has 2 aromatic carbocycles. The van der Waals surface area contributed by atoms with Gasteiger partial charge in [-0.05, 0) is 35.2 Å². The van der Waals surface area contributed by atoms with Crippen LogP contribution in [-0.4, -0.2) is 25.5 Å². The highest BCUT2D eigenvalue weighted by Crippen LogP contribution is 2.25. The molecule has 0 saturated carbocycles. The molecule has 2 aromatic heterocycles. The molecule has 4 aromatic rings. The number of aromatic nitrogens is 4. The average Bonchev–Trinajstić information content (AvgIpc) is 3.34. The normalized spacial score (nSPS) is 10.9. The third-order valence-corrected chi connectivity index (χ3v) is 5.44. The summed E-state index contributed by atoms with van der Waals surface area (Å²) >= 11 is 6.22. The number of carbonyl (C=O) groups excluding carboxylic acids is 1. The van der Waals surface area contributed by atoms with E-state index in [0.29, 0.717) is 23.0 Å². The number of aryl methyl sites for hydroxylation is 2. The SMILES string of the molecule is Cc1nn(C)c(Cl)c1C(=O)NCc1ccccc1-c1ccc(Cn2cccn2)cc1. The highest BCUT2D eigenvalue weighted by Gasteiger charge is 2.19. The number of nitrogens with zero attached hydrogens (tertiary/aromatic N) is 4. The fourth-order valence-corrected chi connectivity index (χ4v) is 3.74. The second-order valence-corrected chi connectivity index (χ2v) is 7.47. The Kier molecular flexibility index (Phi) is 5.68. The number of benzene rings is 2. The number of carbonyl (C=O) groups is 1. The summed E-state index contributed by atoms with van der Waals surface area (Å²) in [6, 6.07) is 18.4. The molecule has 0 unspecified atom stereocenters. The van der Waals surface area contributed by atoms with Crippen LogP contribution in [-0.2, 0) is 20.1 Å². The van der Waals surface area contributed by atoms with Gasteiger partial charge in [0.1, 0.15) is 5.15 Å². The second-order valence-electron chi connectivity index (χ2n) is 7.12. The van der Waals surface area contributed by atoms with Crippen LogP contribution in [0.25, 0.3) is 11.1 Å². The van der Waals surface area contributed by atoms with E-state index in [1.807, 2.05) is 35.1 Å². The topological polar surface area (TPSA) is 64.7 Å². The molecule has 0 fully saturated rings. The van der Waals surface area contributed by atoms with Gasteiger partial charge >= 0.3 is 0 Å². The van der Waals surface area contributed by atoms with Crippen LogP contribution in [0.4, 0.5) is 0 Å². The summed E-state index contributed by atoms with van der Waals surface area (Å²) in [5, 5.41) is 11.8. The third-order valence-electron chi connectivity index (χ3n) is 5.00. The molecule has 1 amide bonds. The summed E-state index contributed by atoms with van der Waals surface area (Å²) in [5.74, 6) is -0.227. The largest absolute Gasteiger partial charge is 0.348 e. The van der Waals surface area contributed by atoms with Gasteiger partial charge in [-0.25, -0.2) is 0 Å². The fourth-order valence-electron chi connectivity index (χ4n) is 3.48. The van der Waals surface area contributed by atoms with E-state index in [1.54, 1.807) is 20.2 Å². The van der Waals surface area contributed by atoms with E-state index in [9.17, 15) is 4.79 Å². The van der Waals surface area contributed by atoms with Gasteiger partial charge in [-0.1, -0.05) is 60.1 Å². The van der Waals surface area contributed by atoms with Crippen molar-refractivity contribution in [3.63, 3.8) is 0 Å². The smallest absolute Gasteiger partial charge is 0.256 e. The summed E-state index contributed by atoms with van der Waals surface area (Å²) in [6.45, 7) is 2.91. The molecule has 0 aliphatic heterocycles. The van der Waals surface area contributed by atoms with Crippen LogP contribution in [0.2, 0.25) is 5.15 Å². The minimum atomic E-state index is -0.227. The highest BCUT2D eigenvalue weighted by molar-refractivity contribution is 6.33. The number of rotatable bonds is 6. The van der Waals surface area contributed by atoms with Crippen molar-refractivity contribution in [3.05, 3.63) is 94.5 Å². The summed E-state index contributed by atoms with van der Waals surface area (Å²) in [7, 11) is 1.72. The van der Waals surface area contributed by atoms with Crippen LogP contribution in [0.15, 0.2) is 67.0 Å². The lowest BCUT2D eigenvalue weighted by molar-refractivity contribution is 0.0950. The van der Waals surface area contributed by atoms with Gasteiger partial charge in [-0.15, -0.1) is 0 Å². The van der Waals surface area contributed by atoms with Crippen LogP contribution in [0.5, 0.6) is 0 Å². The fraction of sp³-hybridized carbons (Fsp3) is 0.174. The first kappa shape index (κ1) is 19.9. The number of hydrogen-bond donors (Lipinski definition) is 1. The summed E-state index contributed by atoms with van der Waals surface area (Å²) in [4.78, 5) is 12.7. The molecule has 0 saturated heterocycles. The van der Waals surface area contributed by atoms with Crippen molar-refractivity contribution in [1.82, 2.24) is 24.9 Å². The molecule has 2 heterocycles. The van der Waals surface area contributed by atoms with Crippen molar-refractivity contribution in [2.75, 3.05) is 0 Å². The zero-order valence-corrected chi connectivity index (χ0v) is 17.6. The van der Waals surface area contributed by atoms with Crippen molar-refractivity contribution >= 4 is 17.5 Å². The van der Waals surface area contributed by atoms with E-state index in [0.717, 1.165) is 23.2 Å². The minimum Gasteiger partial charge on any atom is -0.348 e. The van der Waals surface area contributed by atoms with Crippen molar-refractivity contribution in [2.45, 2.75) is 20.0 Å². The maximum Gasteiger partial charge on any atom is 0.256 e. The van der Waals surface area contributed by atoms with E-state index >= 15 is 0 Å². The number of halogens is 1. The van der Waals surface area contributed by atoms with Crippen LogP contribution in [0.1, 0.15) is 27.2 Å². The van der Waals surface area contributed by atoms with Crippen molar-refractivity contribution in [2.24, 2.45) is 7.05 Å². The molecule has 0 aliphatic rings. The average molecular weight is 420 g/mol. The van der Waals surface area contributed by atoms with Gasteiger partial charge in [0.15, 0.2) is 0 Å². The molecule has 6 nitrogen and oxygen atoms in total. The van der Waals surface area contributed by atoms with Crippen LogP contribution in [0.3, 0.4) is 0 Å². The zero-order valence-electron chi connectivity index (χ0n) is 16.8. The lowest BCUT2D eigenvalue weighted by Crippen LogP contribution is -2.23. The molecular formula is C23H22ClN5O. The highest BCUT2D eigenvalue weighted by atomic mass is 35.5. The minimum absolute atomic E-state index is 0.227. The van der Waals surface area contributed by atoms with Crippen LogP contribution in [0, 0.1) is 6.92 Å².